The van der Waals surface area contributed by atoms with Gasteiger partial charge in [-0.2, -0.15) is 4.98 Å². The highest BCUT2D eigenvalue weighted by molar-refractivity contribution is 5.57. The van der Waals surface area contributed by atoms with E-state index in [1.807, 2.05) is 0 Å². The van der Waals surface area contributed by atoms with Crippen molar-refractivity contribution in [1.29, 1.82) is 0 Å². The topological polar surface area (TPSA) is 65.0 Å². The van der Waals surface area contributed by atoms with Crippen molar-refractivity contribution in [2.45, 2.75) is 0 Å². The molecule has 5 heteroatoms. The van der Waals surface area contributed by atoms with Crippen molar-refractivity contribution in [1.82, 2.24) is 15.4 Å². The van der Waals surface area contributed by atoms with E-state index < -0.39 is 0 Å². The Kier molecular flexibility index (Phi) is 0.476. The number of hydrogen-bond donors (Lipinski definition) is 0. The Morgan fingerprint density at radius 3 is 3.38 bits per heavy atom. The van der Waals surface area contributed by atoms with Gasteiger partial charge in [-0.3, -0.25) is 4.52 Å². The van der Waals surface area contributed by atoms with Crippen molar-refractivity contribution in [3.05, 3.63) is 6.39 Å². The van der Waals surface area contributed by atoms with Crippen LogP contribution in [0.15, 0.2) is 15.3 Å². The van der Waals surface area contributed by atoms with E-state index >= 15 is 0 Å². The molecule has 0 radical (unpaired) electrons. The predicted molar refractivity (Wildman–Crippen MR) is 21.9 cm³/mol. The minimum absolute atomic E-state index is 0.269. The molecule has 0 amide bonds. The Bertz CT molecular complexity index is 234. The fraction of sp³-hybridized carbons (Fsp3) is 0. The number of oxazole rings is 1. The third-order valence-corrected chi connectivity index (χ3v) is 0.777. The molecule has 0 fully saturated rings. The first-order chi connectivity index (χ1) is 3.97. The standard InChI is InChI=1S/C3HN3O2/c1-4-2-3(7-1)8-6-5-2/h1H. The normalized spacial score (nSPS) is 10.5. The summed E-state index contributed by atoms with van der Waals surface area (Å²) in [5, 5.41) is 6.64. The minimum atomic E-state index is 0.269. The van der Waals surface area contributed by atoms with E-state index in [2.05, 4.69) is 24.3 Å². The van der Waals surface area contributed by atoms with Crippen LogP contribution in [0.4, 0.5) is 0 Å². The number of rotatable bonds is 0. The van der Waals surface area contributed by atoms with E-state index in [-0.39, 0.29) is 5.78 Å². The summed E-state index contributed by atoms with van der Waals surface area (Å²) in [5.41, 5.74) is 0.407. The highest BCUT2D eigenvalue weighted by Crippen LogP contribution is 2.04. The van der Waals surface area contributed by atoms with Crippen LogP contribution in [0.5, 0.6) is 0 Å². The van der Waals surface area contributed by atoms with Crippen molar-refractivity contribution in [2.24, 2.45) is 0 Å². The summed E-state index contributed by atoms with van der Waals surface area (Å²) >= 11 is 0. The summed E-state index contributed by atoms with van der Waals surface area (Å²) in [6.45, 7) is 0. The molecule has 2 aromatic heterocycles. The third kappa shape index (κ3) is 0.281. The molecule has 2 heterocycles. The van der Waals surface area contributed by atoms with E-state index in [0.29, 0.717) is 5.65 Å². The molecule has 2 rings (SSSR count). The summed E-state index contributed by atoms with van der Waals surface area (Å²) in [7, 11) is 0. The van der Waals surface area contributed by atoms with Gasteiger partial charge >= 0.3 is 5.78 Å². The fourth-order valence-corrected chi connectivity index (χ4v) is 0.455. The highest BCUT2D eigenvalue weighted by atomic mass is 16.6. The van der Waals surface area contributed by atoms with Gasteiger partial charge in [0.15, 0.2) is 6.39 Å². The summed E-state index contributed by atoms with van der Waals surface area (Å²) < 4.78 is 9.12. The molecule has 0 spiro atoms. The fourth-order valence-electron chi connectivity index (χ4n) is 0.455. The summed E-state index contributed by atoms with van der Waals surface area (Å²) in [6.07, 6.45) is 1.25. The average Bonchev–Trinajstić information content (AvgIpc) is 2.15. The summed E-state index contributed by atoms with van der Waals surface area (Å²) in [6, 6.07) is 0. The van der Waals surface area contributed by atoms with Gasteiger partial charge in [0.25, 0.3) is 5.65 Å². The molecule has 0 bridgehead atoms. The smallest absolute Gasteiger partial charge is 0.365 e. The first-order valence-corrected chi connectivity index (χ1v) is 1.98. The lowest BCUT2D eigenvalue weighted by molar-refractivity contribution is 0.366. The van der Waals surface area contributed by atoms with Gasteiger partial charge in [0, 0.05) is 5.27 Å². The second kappa shape index (κ2) is 1.06. The first-order valence-electron chi connectivity index (χ1n) is 1.98. The zero-order valence-electron chi connectivity index (χ0n) is 3.74. The molecule has 40 valence electrons. The van der Waals surface area contributed by atoms with Gasteiger partial charge in [0.2, 0.25) is 0 Å². The molecule has 0 N–H and O–H groups in total. The Balaban J connectivity index is 3.06. The van der Waals surface area contributed by atoms with Crippen LogP contribution in [0.1, 0.15) is 0 Å². The predicted octanol–water partition coefficient (Wildman–Crippen LogP) is 0.211. The molecule has 0 aliphatic rings. The molecule has 5 nitrogen and oxygen atoms in total. The zero-order valence-corrected chi connectivity index (χ0v) is 3.74. The van der Waals surface area contributed by atoms with Gasteiger partial charge in [0.1, 0.15) is 0 Å². The average molecular weight is 111 g/mol. The lowest BCUT2D eigenvalue weighted by atomic mass is 10.8. The van der Waals surface area contributed by atoms with Crippen LogP contribution in [0.25, 0.3) is 11.4 Å². The molecule has 0 atom stereocenters. The number of hydrogen-bond acceptors (Lipinski definition) is 5. The van der Waals surface area contributed by atoms with Crippen molar-refractivity contribution < 1.29 is 8.94 Å². The van der Waals surface area contributed by atoms with Gasteiger partial charge in [0.05, 0.1) is 0 Å². The zero-order chi connectivity index (χ0) is 5.40. The number of aromatic nitrogens is 3. The van der Waals surface area contributed by atoms with Crippen LogP contribution in [0, 0.1) is 0 Å². The van der Waals surface area contributed by atoms with Crippen LogP contribution in [0.3, 0.4) is 0 Å². The largest absolute Gasteiger partial charge is 0.410 e. The van der Waals surface area contributed by atoms with Gasteiger partial charge in [-0.25, -0.2) is 0 Å². The van der Waals surface area contributed by atoms with Crippen molar-refractivity contribution >= 4 is 11.4 Å². The third-order valence-electron chi connectivity index (χ3n) is 0.777. The first kappa shape index (κ1) is 3.59. The quantitative estimate of drug-likeness (QED) is 0.486. The van der Waals surface area contributed by atoms with Gasteiger partial charge in [-0.15, -0.1) is 0 Å². The minimum Gasteiger partial charge on any atom is -0.410 e. The van der Waals surface area contributed by atoms with Crippen LogP contribution < -0.4 is 0 Å². The maximum absolute atomic E-state index is 4.66. The lowest BCUT2D eigenvalue weighted by Crippen LogP contribution is -1.64. The van der Waals surface area contributed by atoms with Gasteiger partial charge in [-0.1, -0.05) is 5.10 Å². The molecule has 0 aliphatic heterocycles. The second-order valence-corrected chi connectivity index (χ2v) is 1.24. The molecule has 0 saturated heterocycles. The van der Waals surface area contributed by atoms with E-state index in [4.69, 9.17) is 0 Å². The van der Waals surface area contributed by atoms with E-state index in [9.17, 15) is 0 Å². The Hall–Kier alpha value is -1.39. The Morgan fingerprint density at radius 1 is 1.50 bits per heavy atom. The van der Waals surface area contributed by atoms with Crippen LogP contribution in [0.2, 0.25) is 0 Å². The van der Waals surface area contributed by atoms with Crippen LogP contribution in [-0.2, 0) is 0 Å². The summed E-state index contributed by atoms with van der Waals surface area (Å²) in [5.74, 6) is 0.269. The molecule has 0 aromatic carbocycles. The molecule has 0 unspecified atom stereocenters. The van der Waals surface area contributed by atoms with Crippen molar-refractivity contribution in [2.75, 3.05) is 0 Å². The van der Waals surface area contributed by atoms with E-state index in [0.717, 1.165) is 0 Å². The van der Waals surface area contributed by atoms with Gasteiger partial charge in [-0.05, 0) is 0 Å². The maximum atomic E-state index is 4.66. The Morgan fingerprint density at radius 2 is 2.50 bits per heavy atom. The number of nitrogens with zero attached hydrogens (tertiary/aromatic N) is 3. The van der Waals surface area contributed by atoms with E-state index in [1.54, 1.807) is 0 Å². The molecule has 0 aliphatic carbocycles. The van der Waals surface area contributed by atoms with Crippen molar-refractivity contribution in [3.8, 4) is 0 Å². The Labute approximate surface area is 43.3 Å². The van der Waals surface area contributed by atoms with Gasteiger partial charge < -0.3 is 4.42 Å². The highest BCUT2D eigenvalue weighted by Gasteiger charge is 2.00. The number of fused-ring (bicyclic) bond motifs is 1. The summed E-state index contributed by atoms with van der Waals surface area (Å²) in [4.78, 5) is 3.64. The van der Waals surface area contributed by atoms with Crippen molar-refractivity contribution in [3.63, 3.8) is 0 Å². The van der Waals surface area contributed by atoms with Crippen LogP contribution >= 0.6 is 0 Å². The molecule has 2 aromatic rings. The van der Waals surface area contributed by atoms with E-state index in [1.165, 1.54) is 6.39 Å². The molecular weight excluding hydrogens is 110 g/mol. The van der Waals surface area contributed by atoms with Crippen LogP contribution in [-0.4, -0.2) is 15.4 Å². The molecule has 0 saturated carbocycles. The molecular formula is C3HN3O2. The maximum Gasteiger partial charge on any atom is 0.365 e. The molecule has 8 heavy (non-hydrogen) atoms. The second-order valence-electron chi connectivity index (χ2n) is 1.24. The monoisotopic (exact) mass is 111 g/mol. The lowest BCUT2D eigenvalue weighted by Gasteiger charge is -1.59. The SMILES string of the molecule is c1nc2nnoc2o1.